The van der Waals surface area contributed by atoms with Crippen molar-refractivity contribution in [2.24, 2.45) is 5.41 Å². The first kappa shape index (κ1) is 23.5. The summed E-state index contributed by atoms with van der Waals surface area (Å²) in [6, 6.07) is 0. The molecule has 9 heteroatoms. The molecule has 0 aromatic rings. The molecule has 0 saturated carbocycles. The lowest BCUT2D eigenvalue weighted by molar-refractivity contribution is -0.135. The van der Waals surface area contributed by atoms with Gasteiger partial charge in [-0.25, -0.2) is 0 Å². The fourth-order valence-corrected chi connectivity index (χ4v) is 1.88. The molecule has 0 aliphatic heterocycles. The molecule has 0 bridgehead atoms. The number of hydrogen-bond donors (Lipinski definition) is 2. The SMILES string of the molecule is CC(C)(CNCCC(F)(F)F)COCC(C)(C)NCCC(F)(F)F. The zero-order valence-corrected chi connectivity index (χ0v) is 14.6. The van der Waals surface area contributed by atoms with Gasteiger partial charge in [0.05, 0.1) is 26.1 Å². The fraction of sp³-hybridized carbons (Fsp3) is 1.00. The Bertz CT molecular complexity index is 353. The van der Waals surface area contributed by atoms with Crippen LogP contribution >= 0.6 is 0 Å². The van der Waals surface area contributed by atoms with Gasteiger partial charge >= 0.3 is 12.4 Å². The van der Waals surface area contributed by atoms with Crippen molar-refractivity contribution in [3.63, 3.8) is 0 Å². The predicted octanol–water partition coefficient (Wildman–Crippen LogP) is 3.89. The van der Waals surface area contributed by atoms with Crippen molar-refractivity contribution in [3.05, 3.63) is 0 Å². The van der Waals surface area contributed by atoms with E-state index in [9.17, 15) is 26.3 Å². The normalized spacial score (nSPS) is 14.2. The lowest BCUT2D eigenvalue weighted by Crippen LogP contribution is -2.46. The average molecular weight is 366 g/mol. The number of halogens is 6. The lowest BCUT2D eigenvalue weighted by atomic mass is 9.94. The Kier molecular flexibility index (Phi) is 9.03. The van der Waals surface area contributed by atoms with Gasteiger partial charge in [-0.2, -0.15) is 26.3 Å². The van der Waals surface area contributed by atoms with Crippen molar-refractivity contribution >= 4 is 0 Å². The van der Waals surface area contributed by atoms with E-state index in [1.807, 2.05) is 13.8 Å². The smallest absolute Gasteiger partial charge is 0.379 e. The summed E-state index contributed by atoms with van der Waals surface area (Å²) in [4.78, 5) is 0. The van der Waals surface area contributed by atoms with E-state index < -0.39 is 30.7 Å². The van der Waals surface area contributed by atoms with Gasteiger partial charge in [-0.15, -0.1) is 0 Å². The number of rotatable bonds is 11. The van der Waals surface area contributed by atoms with E-state index in [1.54, 1.807) is 13.8 Å². The van der Waals surface area contributed by atoms with Gasteiger partial charge in [0, 0.05) is 30.6 Å². The fourth-order valence-electron chi connectivity index (χ4n) is 1.88. The highest BCUT2D eigenvalue weighted by molar-refractivity contribution is 4.79. The number of nitrogens with one attached hydrogen (secondary N) is 2. The van der Waals surface area contributed by atoms with E-state index in [0.717, 1.165) is 0 Å². The van der Waals surface area contributed by atoms with Crippen molar-refractivity contribution in [2.45, 2.75) is 58.4 Å². The summed E-state index contributed by atoms with van der Waals surface area (Å²) in [5.41, 5.74) is -1.00. The maximum atomic E-state index is 12.1. The van der Waals surface area contributed by atoms with Gasteiger partial charge in [-0.05, 0) is 13.8 Å². The second-order valence-electron chi connectivity index (χ2n) is 7.37. The third kappa shape index (κ3) is 15.0. The Balaban J connectivity index is 3.96. The molecule has 0 aromatic heterocycles. The topological polar surface area (TPSA) is 33.3 Å². The minimum atomic E-state index is -4.20. The van der Waals surface area contributed by atoms with Gasteiger partial charge in [-0.1, -0.05) is 13.8 Å². The monoisotopic (exact) mass is 366 g/mol. The molecule has 146 valence electrons. The number of hydrogen-bond acceptors (Lipinski definition) is 3. The van der Waals surface area contributed by atoms with Gasteiger partial charge < -0.3 is 15.4 Å². The van der Waals surface area contributed by atoms with Crippen LogP contribution in [0.5, 0.6) is 0 Å². The zero-order valence-electron chi connectivity index (χ0n) is 14.6. The summed E-state index contributed by atoms with van der Waals surface area (Å²) in [6.45, 7) is 7.66. The van der Waals surface area contributed by atoms with Gasteiger partial charge in [0.25, 0.3) is 0 Å². The molecule has 0 rings (SSSR count). The Morgan fingerprint density at radius 3 is 1.75 bits per heavy atom. The first-order chi connectivity index (χ1) is 10.6. The molecule has 0 heterocycles. The Morgan fingerprint density at radius 2 is 1.25 bits per heavy atom. The van der Waals surface area contributed by atoms with Crippen LogP contribution in [0.25, 0.3) is 0 Å². The van der Waals surface area contributed by atoms with Crippen molar-refractivity contribution in [2.75, 3.05) is 32.8 Å². The van der Waals surface area contributed by atoms with E-state index in [-0.39, 0.29) is 31.7 Å². The second-order valence-corrected chi connectivity index (χ2v) is 7.37. The quantitative estimate of drug-likeness (QED) is 0.430. The third-order valence-electron chi connectivity index (χ3n) is 3.16. The second kappa shape index (κ2) is 9.24. The van der Waals surface area contributed by atoms with Crippen molar-refractivity contribution < 1.29 is 31.1 Å². The van der Waals surface area contributed by atoms with Crippen LogP contribution in [0.4, 0.5) is 26.3 Å². The predicted molar refractivity (Wildman–Crippen MR) is 80.9 cm³/mol. The standard InChI is InChI=1S/C15H28F6N2O/c1-12(2,9-22-7-5-14(16,17)18)10-24-11-13(3,4)23-8-6-15(19,20)21/h22-23H,5-11H2,1-4H3. The van der Waals surface area contributed by atoms with Crippen LogP contribution in [0.1, 0.15) is 40.5 Å². The molecule has 0 saturated heterocycles. The number of ether oxygens (including phenoxy) is 1. The van der Waals surface area contributed by atoms with Gasteiger partial charge in [0.15, 0.2) is 0 Å². The highest BCUT2D eigenvalue weighted by Crippen LogP contribution is 2.20. The highest BCUT2D eigenvalue weighted by Gasteiger charge is 2.29. The maximum absolute atomic E-state index is 12.1. The van der Waals surface area contributed by atoms with Gasteiger partial charge in [0.2, 0.25) is 0 Å². The van der Waals surface area contributed by atoms with E-state index >= 15 is 0 Å². The molecule has 2 N–H and O–H groups in total. The third-order valence-corrected chi connectivity index (χ3v) is 3.16. The van der Waals surface area contributed by atoms with Crippen LogP contribution in [0, 0.1) is 5.41 Å². The molecular formula is C15H28F6N2O. The van der Waals surface area contributed by atoms with Crippen molar-refractivity contribution in [1.82, 2.24) is 10.6 Å². The highest BCUT2D eigenvalue weighted by atomic mass is 19.4. The van der Waals surface area contributed by atoms with Crippen LogP contribution in [-0.2, 0) is 4.74 Å². The molecule has 0 fully saturated rings. The lowest BCUT2D eigenvalue weighted by Gasteiger charge is -2.30. The van der Waals surface area contributed by atoms with Crippen LogP contribution in [0.15, 0.2) is 0 Å². The summed E-state index contributed by atoms with van der Waals surface area (Å²) < 4.78 is 78.0. The Morgan fingerprint density at radius 1 is 0.750 bits per heavy atom. The van der Waals surface area contributed by atoms with Crippen LogP contribution in [0.3, 0.4) is 0 Å². The first-order valence-corrected chi connectivity index (χ1v) is 7.79. The average Bonchev–Trinajstić information content (AvgIpc) is 2.31. The largest absolute Gasteiger partial charge is 0.390 e. The maximum Gasteiger partial charge on any atom is 0.390 e. The first-order valence-electron chi connectivity index (χ1n) is 7.79. The molecule has 0 aliphatic rings. The minimum Gasteiger partial charge on any atom is -0.379 e. The van der Waals surface area contributed by atoms with Crippen LogP contribution in [-0.4, -0.2) is 50.7 Å². The zero-order chi connectivity index (χ0) is 19.1. The van der Waals surface area contributed by atoms with Crippen LogP contribution < -0.4 is 10.6 Å². The molecule has 0 atom stereocenters. The molecule has 0 amide bonds. The molecule has 0 spiro atoms. The minimum absolute atomic E-state index is 0.155. The molecule has 3 nitrogen and oxygen atoms in total. The van der Waals surface area contributed by atoms with Gasteiger partial charge in [0.1, 0.15) is 0 Å². The summed E-state index contributed by atoms with van der Waals surface area (Å²) in [7, 11) is 0. The number of alkyl halides is 6. The van der Waals surface area contributed by atoms with E-state index in [2.05, 4.69) is 10.6 Å². The molecule has 0 radical (unpaired) electrons. The Hall–Kier alpha value is -0.540. The molecule has 0 unspecified atom stereocenters. The molecular weight excluding hydrogens is 338 g/mol. The van der Waals surface area contributed by atoms with E-state index in [0.29, 0.717) is 6.54 Å². The van der Waals surface area contributed by atoms with Crippen LogP contribution in [0.2, 0.25) is 0 Å². The summed E-state index contributed by atoms with van der Waals surface area (Å²) in [6.07, 6.45) is -10.2. The summed E-state index contributed by atoms with van der Waals surface area (Å²) >= 11 is 0. The van der Waals surface area contributed by atoms with Crippen molar-refractivity contribution in [3.8, 4) is 0 Å². The molecule has 0 aliphatic carbocycles. The van der Waals surface area contributed by atoms with Gasteiger partial charge in [-0.3, -0.25) is 0 Å². The summed E-state index contributed by atoms with van der Waals surface area (Å²) in [5.74, 6) is 0. The summed E-state index contributed by atoms with van der Waals surface area (Å²) in [5, 5.41) is 5.53. The molecule has 0 aromatic carbocycles. The van der Waals surface area contributed by atoms with E-state index in [1.165, 1.54) is 0 Å². The van der Waals surface area contributed by atoms with Crippen molar-refractivity contribution in [1.29, 1.82) is 0 Å². The Labute approximate surface area is 139 Å². The molecule has 24 heavy (non-hydrogen) atoms. The van der Waals surface area contributed by atoms with E-state index in [4.69, 9.17) is 4.74 Å².